The summed E-state index contributed by atoms with van der Waals surface area (Å²) in [6.45, 7) is 1.53. The van der Waals surface area contributed by atoms with Gasteiger partial charge in [-0.1, -0.05) is 29.8 Å². The summed E-state index contributed by atoms with van der Waals surface area (Å²) >= 11 is 6.07. The summed E-state index contributed by atoms with van der Waals surface area (Å²) < 4.78 is 79.0. The lowest BCUT2D eigenvalue weighted by Crippen LogP contribution is -2.38. The number of aromatic nitrogens is 1. The van der Waals surface area contributed by atoms with E-state index in [9.17, 15) is 21.6 Å². The molecule has 0 spiro atoms. The molecule has 33 heavy (non-hydrogen) atoms. The van der Waals surface area contributed by atoms with Crippen LogP contribution in [-0.4, -0.2) is 33.2 Å². The predicted octanol–water partition coefficient (Wildman–Crippen LogP) is 5.41. The van der Waals surface area contributed by atoms with Gasteiger partial charge in [-0.05, 0) is 48.4 Å². The summed E-state index contributed by atoms with van der Waals surface area (Å²) in [7, 11) is -4.48. The number of benzene rings is 2. The molecule has 0 N–H and O–H groups in total. The minimum absolute atomic E-state index is 0.0269. The van der Waals surface area contributed by atoms with E-state index in [1.54, 1.807) is 49.4 Å². The van der Waals surface area contributed by atoms with E-state index in [1.165, 1.54) is 0 Å². The number of rotatable bonds is 5. The van der Waals surface area contributed by atoms with Gasteiger partial charge in [0.05, 0.1) is 24.4 Å². The monoisotopic (exact) mass is 498 g/mol. The number of sulfonamides is 1. The topological polar surface area (TPSA) is 68.7 Å². The summed E-state index contributed by atoms with van der Waals surface area (Å²) in [5.41, 5.74) is 0.405. The second-order valence-electron chi connectivity index (χ2n) is 7.08. The lowest BCUT2D eigenvalue weighted by molar-refractivity contribution is -0.138. The van der Waals surface area contributed by atoms with Crippen LogP contribution < -0.4 is 13.8 Å². The first kappa shape index (κ1) is 23.2. The van der Waals surface area contributed by atoms with Crippen LogP contribution in [0.3, 0.4) is 0 Å². The van der Waals surface area contributed by atoms with Crippen LogP contribution in [0.25, 0.3) is 11.1 Å². The van der Waals surface area contributed by atoms with E-state index in [-0.39, 0.29) is 31.2 Å². The summed E-state index contributed by atoms with van der Waals surface area (Å²) in [5, 5.41) is 0.502. The third kappa shape index (κ3) is 4.58. The van der Waals surface area contributed by atoms with Crippen molar-refractivity contribution in [1.82, 2.24) is 4.98 Å². The van der Waals surface area contributed by atoms with Crippen LogP contribution in [0.15, 0.2) is 59.6 Å². The zero-order chi connectivity index (χ0) is 23.8. The highest BCUT2D eigenvalue weighted by Gasteiger charge is 2.37. The first-order valence-corrected chi connectivity index (χ1v) is 11.7. The lowest BCUT2D eigenvalue weighted by atomic mass is 10.0. The molecule has 0 amide bonds. The van der Waals surface area contributed by atoms with Crippen LogP contribution in [0.4, 0.5) is 18.9 Å². The maximum absolute atomic E-state index is 13.6. The summed E-state index contributed by atoms with van der Waals surface area (Å²) in [6.07, 6.45) is -4.22. The number of hydrogen-bond acceptors (Lipinski definition) is 5. The smallest absolute Gasteiger partial charge is 0.417 e. The Morgan fingerprint density at radius 1 is 1.15 bits per heavy atom. The van der Waals surface area contributed by atoms with Crippen LogP contribution in [0.5, 0.6) is 11.6 Å². The number of pyridine rings is 1. The van der Waals surface area contributed by atoms with Gasteiger partial charge in [-0.2, -0.15) is 13.2 Å². The zero-order valence-corrected chi connectivity index (χ0v) is 18.8. The third-order valence-electron chi connectivity index (χ3n) is 4.93. The molecule has 6 nitrogen and oxygen atoms in total. The van der Waals surface area contributed by atoms with Gasteiger partial charge >= 0.3 is 6.18 Å². The van der Waals surface area contributed by atoms with Gasteiger partial charge < -0.3 is 9.47 Å². The minimum atomic E-state index is -4.77. The van der Waals surface area contributed by atoms with E-state index < -0.39 is 32.5 Å². The molecule has 0 atom stereocenters. The van der Waals surface area contributed by atoms with E-state index >= 15 is 0 Å². The largest absolute Gasteiger partial charge is 0.489 e. The first-order valence-electron chi connectivity index (χ1n) is 9.87. The van der Waals surface area contributed by atoms with E-state index in [2.05, 4.69) is 4.98 Å². The molecule has 1 aliphatic rings. The first-order chi connectivity index (χ1) is 15.6. The molecule has 0 saturated heterocycles. The Kier molecular flexibility index (Phi) is 6.15. The van der Waals surface area contributed by atoms with E-state index in [1.807, 2.05) is 0 Å². The molecule has 174 valence electrons. The molecule has 0 radical (unpaired) electrons. The Morgan fingerprint density at radius 3 is 2.61 bits per heavy atom. The van der Waals surface area contributed by atoms with Gasteiger partial charge in [0.2, 0.25) is 5.88 Å². The van der Waals surface area contributed by atoms with Gasteiger partial charge in [-0.15, -0.1) is 0 Å². The van der Waals surface area contributed by atoms with E-state index in [0.717, 1.165) is 9.87 Å². The molecule has 4 rings (SSSR count). The van der Waals surface area contributed by atoms with Crippen molar-refractivity contribution in [3.8, 4) is 22.8 Å². The van der Waals surface area contributed by atoms with Crippen molar-refractivity contribution in [3.63, 3.8) is 0 Å². The summed E-state index contributed by atoms with van der Waals surface area (Å²) in [5.74, 6) is -0.113. The molecule has 0 fully saturated rings. The van der Waals surface area contributed by atoms with Crippen molar-refractivity contribution in [2.24, 2.45) is 0 Å². The molecular formula is C22H18ClF3N2O4S. The van der Waals surface area contributed by atoms with Crippen molar-refractivity contribution < 1.29 is 31.1 Å². The summed E-state index contributed by atoms with van der Waals surface area (Å²) in [6, 6.07) is 12.5. The van der Waals surface area contributed by atoms with Crippen LogP contribution in [0.1, 0.15) is 12.5 Å². The fourth-order valence-electron chi connectivity index (χ4n) is 3.43. The summed E-state index contributed by atoms with van der Waals surface area (Å²) in [4.78, 5) is 2.97. The molecule has 3 aromatic rings. The fraction of sp³-hybridized carbons (Fsp3) is 0.227. The quantitative estimate of drug-likeness (QED) is 0.470. The molecule has 0 saturated carbocycles. The van der Waals surface area contributed by atoms with Gasteiger partial charge in [-0.3, -0.25) is 4.31 Å². The van der Waals surface area contributed by atoms with Crippen molar-refractivity contribution in [2.75, 3.05) is 24.1 Å². The van der Waals surface area contributed by atoms with Gasteiger partial charge in [0.1, 0.15) is 12.4 Å². The maximum atomic E-state index is 13.6. The zero-order valence-electron chi connectivity index (χ0n) is 17.3. The van der Waals surface area contributed by atoms with E-state index in [0.29, 0.717) is 22.8 Å². The standard InChI is InChI=1S/C22H18ClF3N2O4S/c1-2-31-21-20(12-16(13-27-21)22(24,25)26)33(29,30)28-8-9-32-19-7-6-15(11-18(19)28)14-4-3-5-17(23)10-14/h3-7,10-13H,2,8-9H2,1H3. The van der Waals surface area contributed by atoms with Crippen LogP contribution in [0, 0.1) is 0 Å². The lowest BCUT2D eigenvalue weighted by Gasteiger charge is -2.31. The maximum Gasteiger partial charge on any atom is 0.417 e. The number of alkyl halides is 3. The normalized spacial score (nSPS) is 13.9. The third-order valence-corrected chi connectivity index (χ3v) is 6.98. The molecule has 0 bridgehead atoms. The molecule has 2 heterocycles. The predicted molar refractivity (Wildman–Crippen MR) is 117 cm³/mol. The average molecular weight is 499 g/mol. The number of ether oxygens (including phenoxy) is 2. The minimum Gasteiger partial charge on any atom is -0.489 e. The Bertz CT molecular complexity index is 1300. The molecule has 2 aromatic carbocycles. The molecule has 0 unspecified atom stereocenters. The number of hydrogen-bond donors (Lipinski definition) is 0. The van der Waals surface area contributed by atoms with Gasteiger partial charge in [0.25, 0.3) is 10.0 Å². The number of fused-ring (bicyclic) bond motifs is 1. The van der Waals surface area contributed by atoms with Crippen molar-refractivity contribution in [1.29, 1.82) is 0 Å². The number of halogens is 4. The highest BCUT2D eigenvalue weighted by atomic mass is 35.5. The van der Waals surface area contributed by atoms with Crippen LogP contribution in [0.2, 0.25) is 5.02 Å². The highest BCUT2D eigenvalue weighted by molar-refractivity contribution is 7.93. The Balaban J connectivity index is 1.85. The van der Waals surface area contributed by atoms with Crippen molar-refractivity contribution in [2.45, 2.75) is 18.0 Å². The highest BCUT2D eigenvalue weighted by Crippen LogP contribution is 2.41. The number of nitrogens with zero attached hydrogens (tertiary/aromatic N) is 2. The van der Waals surface area contributed by atoms with Crippen LogP contribution >= 0.6 is 11.6 Å². The van der Waals surface area contributed by atoms with Crippen molar-refractivity contribution in [3.05, 3.63) is 65.3 Å². The van der Waals surface area contributed by atoms with Gasteiger partial charge in [-0.25, -0.2) is 13.4 Å². The fourth-order valence-corrected chi connectivity index (χ4v) is 5.18. The molecule has 11 heteroatoms. The molecule has 1 aromatic heterocycles. The Hall–Kier alpha value is -2.98. The van der Waals surface area contributed by atoms with Gasteiger partial charge in [0.15, 0.2) is 4.90 Å². The second kappa shape index (κ2) is 8.75. The second-order valence-corrected chi connectivity index (χ2v) is 9.34. The molecule has 0 aliphatic carbocycles. The SMILES string of the molecule is CCOc1ncc(C(F)(F)F)cc1S(=O)(=O)N1CCOc2ccc(-c3cccc(Cl)c3)cc21. The number of anilines is 1. The van der Waals surface area contributed by atoms with Crippen molar-refractivity contribution >= 4 is 27.3 Å². The van der Waals surface area contributed by atoms with E-state index in [4.69, 9.17) is 21.1 Å². The van der Waals surface area contributed by atoms with Gasteiger partial charge in [0, 0.05) is 11.2 Å². The van der Waals surface area contributed by atoms with Crippen LogP contribution in [-0.2, 0) is 16.2 Å². The Labute approximate surface area is 193 Å². The Morgan fingerprint density at radius 2 is 1.91 bits per heavy atom. The average Bonchev–Trinajstić information content (AvgIpc) is 2.78. The molecular weight excluding hydrogens is 481 g/mol. The molecule has 1 aliphatic heterocycles.